The van der Waals surface area contributed by atoms with Crippen LogP contribution in [0, 0.1) is 11.8 Å². The number of benzene rings is 1. The van der Waals surface area contributed by atoms with Crippen molar-refractivity contribution in [2.75, 3.05) is 11.9 Å². The number of rotatable bonds is 4. The number of carboxylic acids is 1. The Labute approximate surface area is 126 Å². The molecule has 5 nitrogen and oxygen atoms in total. The zero-order valence-corrected chi connectivity index (χ0v) is 12.3. The highest BCUT2D eigenvalue weighted by Crippen LogP contribution is 2.37. The number of anilines is 1. The van der Waals surface area contributed by atoms with Crippen LogP contribution in [-0.2, 0) is 0 Å². The molecule has 3 N–H and O–H groups in total. The first-order valence-corrected chi connectivity index (χ1v) is 6.91. The number of amides is 2. The molecule has 1 aliphatic carbocycles. The van der Waals surface area contributed by atoms with E-state index in [0.29, 0.717) is 18.4 Å². The van der Waals surface area contributed by atoms with Crippen molar-refractivity contribution in [2.24, 2.45) is 11.8 Å². The summed E-state index contributed by atoms with van der Waals surface area (Å²) in [4.78, 5) is 22.6. The van der Waals surface area contributed by atoms with Crippen LogP contribution in [0.3, 0.4) is 0 Å². The van der Waals surface area contributed by atoms with Gasteiger partial charge in [-0.2, -0.15) is 0 Å². The Kier molecular flexibility index (Phi) is 4.40. The number of halogens is 2. The molecule has 7 heteroatoms. The number of carbonyl (C=O) groups is 2. The Hall–Kier alpha value is -1.46. The van der Waals surface area contributed by atoms with Crippen LogP contribution in [0.1, 0.15) is 23.7 Å². The number of urea groups is 1. The van der Waals surface area contributed by atoms with Crippen molar-refractivity contribution >= 4 is 40.9 Å². The summed E-state index contributed by atoms with van der Waals surface area (Å²) in [6.45, 7) is 2.73. The van der Waals surface area contributed by atoms with E-state index in [1.54, 1.807) is 0 Å². The molecule has 0 heterocycles. The van der Waals surface area contributed by atoms with E-state index in [4.69, 9.17) is 28.3 Å². The molecule has 108 valence electrons. The van der Waals surface area contributed by atoms with Crippen molar-refractivity contribution < 1.29 is 14.7 Å². The predicted octanol–water partition coefficient (Wildman–Crippen LogP) is 3.47. The van der Waals surface area contributed by atoms with Gasteiger partial charge in [0, 0.05) is 6.54 Å². The molecule has 1 aliphatic rings. The van der Waals surface area contributed by atoms with Gasteiger partial charge in [-0.1, -0.05) is 30.1 Å². The Morgan fingerprint density at radius 3 is 2.35 bits per heavy atom. The van der Waals surface area contributed by atoms with Gasteiger partial charge in [0.05, 0.1) is 21.3 Å². The summed E-state index contributed by atoms with van der Waals surface area (Å²) >= 11 is 11.9. The molecule has 0 saturated heterocycles. The SMILES string of the molecule is CC1CC1CNC(=O)Nc1c(Cl)cc(C(=O)O)cc1Cl. The zero-order chi connectivity index (χ0) is 14.9. The standard InChI is InChI=1S/C13H14Cl2N2O3/c1-6-2-8(6)5-16-13(20)17-11-9(14)3-7(12(18)19)4-10(11)15/h3-4,6,8H,2,5H2,1H3,(H,18,19)(H2,16,17,20). The molecule has 2 unspecified atom stereocenters. The minimum absolute atomic E-state index is 0.0298. The summed E-state index contributed by atoms with van der Waals surface area (Å²) in [5.41, 5.74) is 0.178. The average molecular weight is 317 g/mol. The molecule has 1 fully saturated rings. The lowest BCUT2D eigenvalue weighted by Crippen LogP contribution is -2.30. The number of carboxylic acid groups (broad SMARTS) is 1. The molecule has 0 spiro atoms. The molecule has 0 aliphatic heterocycles. The maximum absolute atomic E-state index is 11.7. The predicted molar refractivity (Wildman–Crippen MR) is 77.7 cm³/mol. The van der Waals surface area contributed by atoms with Gasteiger partial charge in [0.2, 0.25) is 0 Å². The van der Waals surface area contributed by atoms with E-state index in [-0.39, 0.29) is 21.3 Å². The van der Waals surface area contributed by atoms with Crippen molar-refractivity contribution in [3.8, 4) is 0 Å². The first kappa shape index (κ1) is 14.9. The minimum atomic E-state index is -1.13. The Bertz CT molecular complexity index is 540. The second-order valence-electron chi connectivity index (χ2n) is 4.93. The fourth-order valence-corrected chi connectivity index (χ4v) is 2.46. The van der Waals surface area contributed by atoms with Gasteiger partial charge in [-0.05, 0) is 30.4 Å². The first-order valence-electron chi connectivity index (χ1n) is 6.15. The highest BCUT2D eigenvalue weighted by atomic mass is 35.5. The van der Waals surface area contributed by atoms with Crippen molar-refractivity contribution in [1.29, 1.82) is 0 Å². The molecule has 0 radical (unpaired) electrons. The molecule has 1 aromatic rings. The molecule has 2 rings (SSSR count). The fourth-order valence-electron chi connectivity index (χ4n) is 1.88. The van der Waals surface area contributed by atoms with E-state index in [9.17, 15) is 9.59 Å². The van der Waals surface area contributed by atoms with E-state index in [1.165, 1.54) is 12.1 Å². The first-order chi connectivity index (χ1) is 9.38. The van der Waals surface area contributed by atoms with Crippen molar-refractivity contribution in [3.63, 3.8) is 0 Å². The summed E-state index contributed by atoms with van der Waals surface area (Å²) in [6, 6.07) is 2.08. The summed E-state index contributed by atoms with van der Waals surface area (Å²) in [5, 5.41) is 14.3. The quantitative estimate of drug-likeness (QED) is 0.795. The minimum Gasteiger partial charge on any atom is -0.478 e. The monoisotopic (exact) mass is 316 g/mol. The molecule has 1 saturated carbocycles. The lowest BCUT2D eigenvalue weighted by Gasteiger charge is -2.11. The second-order valence-corrected chi connectivity index (χ2v) is 5.74. The van der Waals surface area contributed by atoms with E-state index in [1.807, 2.05) is 0 Å². The van der Waals surface area contributed by atoms with Crippen LogP contribution in [0.5, 0.6) is 0 Å². The van der Waals surface area contributed by atoms with Crippen molar-refractivity contribution in [2.45, 2.75) is 13.3 Å². The van der Waals surface area contributed by atoms with Crippen LogP contribution >= 0.6 is 23.2 Å². The Morgan fingerprint density at radius 1 is 1.35 bits per heavy atom. The summed E-state index contributed by atoms with van der Waals surface area (Å²) in [5.74, 6) is 0.0472. The van der Waals surface area contributed by atoms with Gasteiger partial charge in [-0.3, -0.25) is 0 Å². The van der Waals surface area contributed by atoms with Crippen LogP contribution in [-0.4, -0.2) is 23.7 Å². The molecule has 2 amide bonds. The number of hydrogen-bond donors (Lipinski definition) is 3. The summed E-state index contributed by atoms with van der Waals surface area (Å²) in [7, 11) is 0. The Morgan fingerprint density at radius 2 is 1.90 bits per heavy atom. The van der Waals surface area contributed by atoms with Gasteiger partial charge in [-0.15, -0.1) is 0 Å². The highest BCUT2D eigenvalue weighted by molar-refractivity contribution is 6.40. The maximum atomic E-state index is 11.7. The lowest BCUT2D eigenvalue weighted by atomic mass is 10.2. The van der Waals surface area contributed by atoms with Crippen LogP contribution in [0.4, 0.5) is 10.5 Å². The van der Waals surface area contributed by atoms with Crippen molar-refractivity contribution in [1.82, 2.24) is 5.32 Å². The van der Waals surface area contributed by atoms with Gasteiger partial charge in [0.15, 0.2) is 0 Å². The van der Waals surface area contributed by atoms with Gasteiger partial charge in [0.25, 0.3) is 0 Å². The number of hydrogen-bond acceptors (Lipinski definition) is 2. The third kappa shape index (κ3) is 3.55. The van der Waals surface area contributed by atoms with Crippen molar-refractivity contribution in [3.05, 3.63) is 27.7 Å². The van der Waals surface area contributed by atoms with Crippen LogP contribution < -0.4 is 10.6 Å². The zero-order valence-electron chi connectivity index (χ0n) is 10.7. The molecule has 20 heavy (non-hydrogen) atoms. The van der Waals surface area contributed by atoms with E-state index >= 15 is 0 Å². The maximum Gasteiger partial charge on any atom is 0.335 e. The van der Waals surface area contributed by atoms with Crippen LogP contribution in [0.2, 0.25) is 10.0 Å². The molecule has 0 bridgehead atoms. The highest BCUT2D eigenvalue weighted by Gasteiger charge is 2.32. The molecule has 1 aromatic carbocycles. The van der Waals surface area contributed by atoms with Crippen LogP contribution in [0.15, 0.2) is 12.1 Å². The third-order valence-electron chi connectivity index (χ3n) is 3.33. The lowest BCUT2D eigenvalue weighted by molar-refractivity contribution is 0.0697. The van der Waals surface area contributed by atoms with E-state index in [2.05, 4.69) is 17.6 Å². The molecule has 2 atom stereocenters. The molecular formula is C13H14Cl2N2O3. The molecule has 0 aromatic heterocycles. The van der Waals surface area contributed by atoms with Gasteiger partial charge >= 0.3 is 12.0 Å². The largest absolute Gasteiger partial charge is 0.478 e. The molecular weight excluding hydrogens is 303 g/mol. The van der Waals surface area contributed by atoms with E-state index in [0.717, 1.165) is 6.42 Å². The van der Waals surface area contributed by atoms with Gasteiger partial charge < -0.3 is 15.7 Å². The summed E-state index contributed by atoms with van der Waals surface area (Å²) < 4.78 is 0. The number of nitrogens with one attached hydrogen (secondary N) is 2. The third-order valence-corrected chi connectivity index (χ3v) is 3.92. The smallest absolute Gasteiger partial charge is 0.335 e. The summed E-state index contributed by atoms with van der Waals surface area (Å²) in [6.07, 6.45) is 1.12. The topological polar surface area (TPSA) is 78.4 Å². The number of carbonyl (C=O) groups excluding carboxylic acids is 1. The average Bonchev–Trinajstić information content (AvgIpc) is 3.07. The normalized spacial score (nSPS) is 20.4. The van der Waals surface area contributed by atoms with Gasteiger partial charge in [-0.25, -0.2) is 9.59 Å². The van der Waals surface area contributed by atoms with Gasteiger partial charge in [0.1, 0.15) is 0 Å². The Balaban J connectivity index is 2.01. The fraction of sp³-hybridized carbons (Fsp3) is 0.385. The van der Waals surface area contributed by atoms with E-state index < -0.39 is 12.0 Å². The second kappa shape index (κ2) is 5.89. The van der Waals surface area contributed by atoms with Crippen LogP contribution in [0.25, 0.3) is 0 Å². The number of aromatic carboxylic acids is 1.